The highest BCUT2D eigenvalue weighted by Crippen LogP contribution is 2.33. The molecule has 0 spiro atoms. The van der Waals surface area contributed by atoms with Crippen LogP contribution in [-0.4, -0.2) is 42.5 Å². The first-order chi connectivity index (χ1) is 11.6. The van der Waals surface area contributed by atoms with Crippen molar-refractivity contribution in [3.8, 4) is 0 Å². The Morgan fingerprint density at radius 3 is 2.38 bits per heavy atom. The Morgan fingerprint density at radius 1 is 1.04 bits per heavy atom. The van der Waals surface area contributed by atoms with Gasteiger partial charge in [-0.05, 0) is 24.3 Å². The number of nitrogens with two attached hydrogens (primary N) is 2. The summed E-state index contributed by atoms with van der Waals surface area (Å²) in [5.74, 6) is -0.0441. The van der Waals surface area contributed by atoms with Crippen molar-refractivity contribution < 1.29 is 4.79 Å². The van der Waals surface area contributed by atoms with E-state index in [0.29, 0.717) is 19.6 Å². The third kappa shape index (κ3) is 4.36. The van der Waals surface area contributed by atoms with Gasteiger partial charge in [-0.25, -0.2) is 0 Å². The van der Waals surface area contributed by atoms with Crippen LogP contribution in [-0.2, 0) is 4.79 Å². The minimum absolute atomic E-state index is 0.0441. The Kier molecular flexibility index (Phi) is 5.52. The fraction of sp³-hybridized carbons (Fsp3) is 0.278. The van der Waals surface area contributed by atoms with E-state index in [1.807, 2.05) is 47.4 Å². The van der Waals surface area contributed by atoms with Crippen molar-refractivity contribution in [2.24, 2.45) is 11.5 Å². The fourth-order valence-electron chi connectivity index (χ4n) is 2.74. The van der Waals surface area contributed by atoms with E-state index >= 15 is 0 Å². The summed E-state index contributed by atoms with van der Waals surface area (Å²) in [6, 6.07) is 17.8. The molecule has 0 radical (unpaired) electrons. The number of nitrogens with one attached hydrogen (secondary N) is 1. The maximum absolute atomic E-state index is 12.3. The SMILES string of the molecule is N[C@@H]1CN(CC(=O)Nc2ccccc2Sc2ccccc2)C[C@H]1N. The smallest absolute Gasteiger partial charge is 0.238 e. The van der Waals surface area contributed by atoms with Crippen molar-refractivity contribution in [1.29, 1.82) is 0 Å². The molecule has 1 amide bonds. The van der Waals surface area contributed by atoms with Crippen LogP contribution in [0, 0.1) is 0 Å². The lowest BCUT2D eigenvalue weighted by molar-refractivity contribution is -0.117. The zero-order valence-corrected chi connectivity index (χ0v) is 14.2. The number of carbonyl (C=O) groups is 1. The molecular formula is C18H22N4OS. The number of hydrogen-bond donors (Lipinski definition) is 3. The van der Waals surface area contributed by atoms with Gasteiger partial charge in [0, 0.05) is 35.0 Å². The van der Waals surface area contributed by atoms with Gasteiger partial charge in [0.15, 0.2) is 0 Å². The normalized spacial score (nSPS) is 20.9. The monoisotopic (exact) mass is 342 g/mol. The maximum atomic E-state index is 12.3. The average molecular weight is 342 g/mol. The highest BCUT2D eigenvalue weighted by molar-refractivity contribution is 7.99. The Labute approximate surface area is 146 Å². The zero-order valence-electron chi connectivity index (χ0n) is 13.4. The van der Waals surface area contributed by atoms with Crippen molar-refractivity contribution in [1.82, 2.24) is 4.90 Å². The van der Waals surface area contributed by atoms with E-state index in [-0.39, 0.29) is 18.0 Å². The maximum Gasteiger partial charge on any atom is 0.238 e. The number of amides is 1. The lowest BCUT2D eigenvalue weighted by Crippen LogP contribution is -2.39. The molecule has 0 aromatic heterocycles. The van der Waals surface area contributed by atoms with E-state index < -0.39 is 0 Å². The number of hydrogen-bond acceptors (Lipinski definition) is 5. The van der Waals surface area contributed by atoms with Gasteiger partial charge >= 0.3 is 0 Å². The first-order valence-corrected chi connectivity index (χ1v) is 8.79. The molecule has 2 atom stereocenters. The molecule has 0 saturated carbocycles. The van der Waals surface area contributed by atoms with Crippen LogP contribution in [0.1, 0.15) is 0 Å². The van der Waals surface area contributed by atoms with Gasteiger partial charge in [0.25, 0.3) is 0 Å². The fourth-order valence-corrected chi connectivity index (χ4v) is 3.66. The molecule has 2 aromatic rings. The van der Waals surface area contributed by atoms with Crippen molar-refractivity contribution >= 4 is 23.4 Å². The van der Waals surface area contributed by atoms with Crippen LogP contribution in [0.25, 0.3) is 0 Å². The van der Waals surface area contributed by atoms with Gasteiger partial charge in [0.1, 0.15) is 0 Å². The number of para-hydroxylation sites is 1. The van der Waals surface area contributed by atoms with Crippen LogP contribution < -0.4 is 16.8 Å². The molecule has 0 unspecified atom stereocenters. The minimum atomic E-state index is -0.0567. The second kappa shape index (κ2) is 7.81. The van der Waals surface area contributed by atoms with Crippen molar-refractivity contribution in [3.05, 3.63) is 54.6 Å². The van der Waals surface area contributed by atoms with E-state index in [4.69, 9.17) is 11.5 Å². The molecule has 5 N–H and O–H groups in total. The van der Waals surface area contributed by atoms with Gasteiger partial charge in [0.2, 0.25) is 5.91 Å². The summed E-state index contributed by atoms with van der Waals surface area (Å²) in [6.07, 6.45) is 0. The minimum Gasteiger partial charge on any atom is -0.325 e. The number of benzene rings is 2. The molecule has 5 nitrogen and oxygen atoms in total. The first kappa shape index (κ1) is 17.0. The van der Waals surface area contributed by atoms with Crippen LogP contribution >= 0.6 is 11.8 Å². The van der Waals surface area contributed by atoms with Crippen molar-refractivity contribution in [2.45, 2.75) is 21.9 Å². The molecule has 6 heteroatoms. The number of nitrogens with zero attached hydrogens (tertiary/aromatic N) is 1. The Hall–Kier alpha value is -1.86. The zero-order chi connectivity index (χ0) is 16.9. The largest absolute Gasteiger partial charge is 0.325 e. The Bertz CT molecular complexity index is 684. The number of likely N-dealkylation sites (tertiary alicyclic amines) is 1. The molecule has 1 heterocycles. The Morgan fingerprint density at radius 2 is 1.67 bits per heavy atom. The molecular weight excluding hydrogens is 320 g/mol. The topological polar surface area (TPSA) is 84.4 Å². The van der Waals surface area contributed by atoms with Gasteiger partial charge < -0.3 is 16.8 Å². The van der Waals surface area contributed by atoms with E-state index in [0.717, 1.165) is 15.5 Å². The van der Waals surface area contributed by atoms with Gasteiger partial charge in [-0.15, -0.1) is 0 Å². The van der Waals surface area contributed by atoms with Crippen molar-refractivity contribution in [3.63, 3.8) is 0 Å². The van der Waals surface area contributed by atoms with E-state index in [1.54, 1.807) is 11.8 Å². The number of rotatable bonds is 5. The summed E-state index contributed by atoms with van der Waals surface area (Å²) >= 11 is 1.63. The van der Waals surface area contributed by atoms with Crippen LogP contribution in [0.15, 0.2) is 64.4 Å². The summed E-state index contributed by atoms with van der Waals surface area (Å²) in [6.45, 7) is 1.63. The highest BCUT2D eigenvalue weighted by atomic mass is 32.2. The quantitative estimate of drug-likeness (QED) is 0.771. The van der Waals surface area contributed by atoms with E-state index in [9.17, 15) is 4.79 Å². The standard InChI is InChI=1S/C18H22N4OS/c19-14-10-22(11-15(14)20)12-18(23)21-16-8-4-5-9-17(16)24-13-6-2-1-3-7-13/h1-9,14-15H,10-12,19-20H2,(H,21,23)/t14-,15-/m1/s1. The van der Waals surface area contributed by atoms with Crippen molar-refractivity contribution in [2.75, 3.05) is 25.0 Å². The van der Waals surface area contributed by atoms with E-state index in [2.05, 4.69) is 17.4 Å². The second-order valence-corrected chi connectivity index (χ2v) is 7.10. The molecule has 126 valence electrons. The summed E-state index contributed by atoms with van der Waals surface area (Å²) in [5, 5.41) is 3.00. The first-order valence-electron chi connectivity index (χ1n) is 7.97. The molecule has 0 aliphatic carbocycles. The van der Waals surface area contributed by atoms with E-state index in [1.165, 1.54) is 0 Å². The van der Waals surface area contributed by atoms with Crippen LogP contribution in [0.5, 0.6) is 0 Å². The molecule has 1 fully saturated rings. The summed E-state index contributed by atoms with van der Waals surface area (Å²) in [7, 11) is 0. The van der Waals surface area contributed by atoms with Gasteiger partial charge in [0.05, 0.1) is 12.2 Å². The predicted molar refractivity (Wildman–Crippen MR) is 98.0 cm³/mol. The van der Waals surface area contributed by atoms with Gasteiger partial charge in [-0.3, -0.25) is 9.69 Å². The lowest BCUT2D eigenvalue weighted by Gasteiger charge is -2.16. The molecule has 1 saturated heterocycles. The summed E-state index contributed by atoms with van der Waals surface area (Å²) in [4.78, 5) is 16.5. The molecule has 24 heavy (non-hydrogen) atoms. The lowest BCUT2D eigenvalue weighted by atomic mass is 10.2. The number of carbonyl (C=O) groups excluding carboxylic acids is 1. The second-order valence-electron chi connectivity index (χ2n) is 5.98. The predicted octanol–water partition coefficient (Wildman–Crippen LogP) is 1.75. The molecule has 1 aliphatic heterocycles. The molecule has 2 aromatic carbocycles. The van der Waals surface area contributed by atoms with Crippen LogP contribution in [0.4, 0.5) is 5.69 Å². The van der Waals surface area contributed by atoms with Gasteiger partial charge in [-0.2, -0.15) is 0 Å². The highest BCUT2D eigenvalue weighted by Gasteiger charge is 2.28. The summed E-state index contributed by atoms with van der Waals surface area (Å²) < 4.78 is 0. The average Bonchev–Trinajstić information content (AvgIpc) is 2.88. The van der Waals surface area contributed by atoms with Crippen LogP contribution in [0.2, 0.25) is 0 Å². The Balaban J connectivity index is 1.63. The number of anilines is 1. The van der Waals surface area contributed by atoms with Gasteiger partial charge in [-0.1, -0.05) is 42.1 Å². The molecule has 3 rings (SSSR count). The third-order valence-corrected chi connectivity index (χ3v) is 5.07. The summed E-state index contributed by atoms with van der Waals surface area (Å²) in [5.41, 5.74) is 12.6. The molecule has 1 aliphatic rings. The third-order valence-electron chi connectivity index (χ3n) is 3.99. The molecule has 0 bridgehead atoms. The van der Waals surface area contributed by atoms with Crippen LogP contribution in [0.3, 0.4) is 0 Å².